The number of aromatic nitrogens is 3. The van der Waals surface area contributed by atoms with Crippen molar-refractivity contribution in [3.63, 3.8) is 0 Å². The maximum absolute atomic E-state index is 12.9. The van der Waals surface area contributed by atoms with Crippen LogP contribution in [0.5, 0.6) is 0 Å². The first-order chi connectivity index (χ1) is 15.5. The third-order valence-electron chi connectivity index (χ3n) is 4.77. The normalized spacial score (nSPS) is 14.9. The minimum atomic E-state index is -4.81. The second-order valence-electron chi connectivity index (χ2n) is 7.24. The van der Waals surface area contributed by atoms with Crippen molar-refractivity contribution in [2.45, 2.75) is 32.5 Å². The number of nitrogens with zero attached hydrogens (tertiary/aromatic N) is 3. The Hall–Kier alpha value is -3.74. The molecular weight excluding hydrogens is 445 g/mol. The Kier molecular flexibility index (Phi) is 7.11. The van der Waals surface area contributed by atoms with Gasteiger partial charge in [0.05, 0.1) is 18.1 Å². The zero-order valence-corrected chi connectivity index (χ0v) is 17.7. The largest absolute Gasteiger partial charge is 0.421 e. The highest BCUT2D eigenvalue weighted by Gasteiger charge is 2.34. The summed E-state index contributed by atoms with van der Waals surface area (Å²) in [5.74, 6) is -0.326. The van der Waals surface area contributed by atoms with Crippen LogP contribution >= 0.6 is 0 Å². The Labute approximate surface area is 185 Å². The first kappa shape index (κ1) is 23.9. The molecule has 2 aromatic rings. The molecule has 0 aromatic carbocycles. The van der Waals surface area contributed by atoms with Crippen LogP contribution in [0.3, 0.4) is 0 Å². The van der Waals surface area contributed by atoms with E-state index in [1.54, 1.807) is 6.08 Å². The second-order valence-corrected chi connectivity index (χ2v) is 7.24. The lowest BCUT2D eigenvalue weighted by atomic mass is 10.1. The van der Waals surface area contributed by atoms with Gasteiger partial charge < -0.3 is 15.2 Å². The molecule has 0 fully saturated rings. The summed E-state index contributed by atoms with van der Waals surface area (Å²) in [6.45, 7) is 3.61. The maximum atomic E-state index is 12.9. The van der Waals surface area contributed by atoms with E-state index in [4.69, 9.17) is 4.84 Å². The van der Waals surface area contributed by atoms with Crippen LogP contribution in [0.4, 0.5) is 24.8 Å². The van der Waals surface area contributed by atoms with Crippen molar-refractivity contribution in [1.82, 2.24) is 20.4 Å². The van der Waals surface area contributed by atoms with Crippen LogP contribution in [0.25, 0.3) is 0 Å². The van der Waals surface area contributed by atoms with E-state index >= 15 is 0 Å². The highest BCUT2D eigenvalue weighted by atomic mass is 19.4. The van der Waals surface area contributed by atoms with Gasteiger partial charge in [-0.1, -0.05) is 6.08 Å². The molecule has 10 nitrogen and oxygen atoms in total. The van der Waals surface area contributed by atoms with Crippen LogP contribution in [-0.4, -0.2) is 39.9 Å². The topological polar surface area (TPSA) is 129 Å². The average Bonchev–Trinajstić information content (AvgIpc) is 2.77. The molecule has 33 heavy (non-hydrogen) atoms. The van der Waals surface area contributed by atoms with Gasteiger partial charge in [0.25, 0.3) is 11.5 Å². The number of nitrogens with one attached hydrogen (secondary N) is 3. The van der Waals surface area contributed by atoms with E-state index in [9.17, 15) is 27.6 Å². The van der Waals surface area contributed by atoms with E-state index < -0.39 is 29.3 Å². The van der Waals surface area contributed by atoms with Crippen LogP contribution in [0.2, 0.25) is 0 Å². The molecule has 3 N–H and O–H groups in total. The molecule has 0 saturated heterocycles. The minimum absolute atomic E-state index is 0.0471. The molecule has 0 aliphatic carbocycles. The Morgan fingerprint density at radius 3 is 2.55 bits per heavy atom. The molecule has 0 spiro atoms. The zero-order chi connectivity index (χ0) is 24.2. The Bertz CT molecular complexity index is 1110. The van der Waals surface area contributed by atoms with Crippen molar-refractivity contribution >= 4 is 23.5 Å². The summed E-state index contributed by atoms with van der Waals surface area (Å²) in [7, 11) is 0. The van der Waals surface area contributed by atoms with Gasteiger partial charge in [-0.3, -0.25) is 19.2 Å². The first-order valence-corrected chi connectivity index (χ1v) is 9.84. The number of H-pyrrole nitrogens is 1. The van der Waals surface area contributed by atoms with Crippen LogP contribution in [0.1, 0.15) is 37.5 Å². The fourth-order valence-electron chi connectivity index (χ4n) is 3.03. The van der Waals surface area contributed by atoms with E-state index in [0.717, 1.165) is 6.20 Å². The smallest absolute Gasteiger partial charge is 0.337 e. The fraction of sp³-hybridized carbons (Fsp3) is 0.350. The molecular formula is C20H21F3N6O4. The maximum Gasteiger partial charge on any atom is 0.421 e. The predicted octanol–water partition coefficient (Wildman–Crippen LogP) is 2.09. The van der Waals surface area contributed by atoms with Crippen LogP contribution in [0.15, 0.2) is 41.1 Å². The molecule has 2 amide bonds. The highest BCUT2D eigenvalue weighted by molar-refractivity contribution is 5.93. The Balaban J connectivity index is 1.56. The van der Waals surface area contributed by atoms with Crippen LogP contribution in [-0.2, 0) is 20.6 Å². The van der Waals surface area contributed by atoms with Crippen LogP contribution in [0, 0.1) is 0 Å². The van der Waals surface area contributed by atoms with E-state index in [0.29, 0.717) is 42.8 Å². The number of hydroxylamine groups is 1. The molecule has 0 radical (unpaired) electrons. The van der Waals surface area contributed by atoms with E-state index in [-0.39, 0.29) is 11.5 Å². The molecule has 3 heterocycles. The lowest BCUT2D eigenvalue weighted by molar-refractivity contribution is -0.139. The van der Waals surface area contributed by atoms with E-state index in [1.165, 1.54) is 26.2 Å². The highest BCUT2D eigenvalue weighted by Crippen LogP contribution is 2.28. The molecule has 176 valence electrons. The fourth-order valence-corrected chi connectivity index (χ4v) is 3.03. The molecule has 2 aromatic heterocycles. The molecule has 3 rings (SSSR count). The van der Waals surface area contributed by atoms with Crippen LogP contribution < -0.4 is 21.3 Å². The molecule has 1 aliphatic heterocycles. The van der Waals surface area contributed by atoms with Gasteiger partial charge in [0.1, 0.15) is 11.7 Å². The predicted molar refractivity (Wildman–Crippen MR) is 111 cm³/mol. The molecule has 0 unspecified atom stereocenters. The van der Waals surface area contributed by atoms with Crippen molar-refractivity contribution in [3.8, 4) is 0 Å². The van der Waals surface area contributed by atoms with Gasteiger partial charge in [-0.2, -0.15) is 13.2 Å². The summed E-state index contributed by atoms with van der Waals surface area (Å²) in [4.78, 5) is 52.2. The molecule has 1 aliphatic rings. The summed E-state index contributed by atoms with van der Waals surface area (Å²) >= 11 is 0. The Morgan fingerprint density at radius 2 is 1.97 bits per heavy atom. The van der Waals surface area contributed by atoms with Crippen molar-refractivity contribution < 1.29 is 27.6 Å². The quantitative estimate of drug-likeness (QED) is 0.556. The zero-order valence-electron chi connectivity index (χ0n) is 17.7. The minimum Gasteiger partial charge on any atom is -0.337 e. The van der Waals surface area contributed by atoms with Gasteiger partial charge in [0.15, 0.2) is 0 Å². The Morgan fingerprint density at radius 1 is 1.27 bits per heavy atom. The lowest BCUT2D eigenvalue weighted by Gasteiger charge is -2.26. The number of carbonyl (C=O) groups excluding carboxylic acids is 2. The van der Waals surface area contributed by atoms with E-state index in [2.05, 4.69) is 20.8 Å². The summed E-state index contributed by atoms with van der Waals surface area (Å²) < 4.78 is 38.7. The van der Waals surface area contributed by atoms with Crippen molar-refractivity contribution in [2.24, 2.45) is 0 Å². The number of hydrogen-bond acceptors (Lipinski definition) is 7. The summed E-state index contributed by atoms with van der Waals surface area (Å²) in [5, 5.41) is 2.57. The van der Waals surface area contributed by atoms with Gasteiger partial charge in [0.2, 0.25) is 11.9 Å². The van der Waals surface area contributed by atoms with Gasteiger partial charge in [-0.25, -0.2) is 15.4 Å². The van der Waals surface area contributed by atoms with Crippen molar-refractivity contribution in [1.29, 1.82) is 0 Å². The number of carbonyl (C=O) groups is 2. The van der Waals surface area contributed by atoms with Gasteiger partial charge >= 0.3 is 6.18 Å². The number of aromatic amines is 1. The number of halogens is 3. The lowest BCUT2D eigenvalue weighted by Crippen LogP contribution is -2.35. The monoisotopic (exact) mass is 466 g/mol. The first-order valence-electron chi connectivity index (χ1n) is 9.84. The number of amides is 2. The molecule has 0 saturated carbocycles. The molecule has 1 atom stereocenters. The summed E-state index contributed by atoms with van der Waals surface area (Å²) in [6, 6.07) is 0.685. The number of alkyl halides is 3. The summed E-state index contributed by atoms with van der Waals surface area (Å²) in [5.41, 5.74) is 0.584. The van der Waals surface area contributed by atoms with Gasteiger partial charge in [0, 0.05) is 37.3 Å². The third kappa shape index (κ3) is 6.16. The van der Waals surface area contributed by atoms with Gasteiger partial charge in [-0.15, -0.1) is 0 Å². The molecule has 0 bridgehead atoms. The standard InChI is InChI=1S/C20H21F3N6O4/c1-11(14-7-16(20(21,22)23)18(32)24-8-14)33-28-17(31)13-3-5-29(6-4-13)19-25-9-15(10-26-19)27-12(2)30/h3,7-11H,4-6H2,1-2H3,(H,24,32)(H,27,30)(H,28,31)/t11-/m1/s1. The number of rotatable bonds is 6. The second kappa shape index (κ2) is 9.81. The van der Waals surface area contributed by atoms with Crippen molar-refractivity contribution in [3.05, 3.63) is 57.8 Å². The summed E-state index contributed by atoms with van der Waals surface area (Å²) in [6.07, 6.45) is 0.334. The SMILES string of the molecule is CC(=O)Nc1cnc(N2CC=C(C(=O)NO[C@H](C)c3c[nH]c(=O)c(C(F)(F)F)c3)CC2)nc1. The third-order valence-corrected chi connectivity index (χ3v) is 4.77. The average molecular weight is 466 g/mol. The number of hydrogen-bond donors (Lipinski definition) is 3. The molecule has 13 heteroatoms. The van der Waals surface area contributed by atoms with Crippen molar-refractivity contribution in [2.75, 3.05) is 23.3 Å². The number of pyridine rings is 1. The van der Waals surface area contributed by atoms with Gasteiger partial charge in [-0.05, 0) is 19.4 Å². The van der Waals surface area contributed by atoms with E-state index in [1.807, 2.05) is 9.88 Å². The number of anilines is 2.